The van der Waals surface area contributed by atoms with Crippen LogP contribution in [0.25, 0.3) is 0 Å². The molecule has 1 unspecified atom stereocenters. The van der Waals surface area contributed by atoms with Crippen LogP contribution >= 0.6 is 0 Å². The molecule has 160 valence electrons. The van der Waals surface area contributed by atoms with Crippen molar-refractivity contribution in [1.29, 1.82) is 0 Å². The van der Waals surface area contributed by atoms with E-state index in [-0.39, 0.29) is 22.7 Å². The van der Waals surface area contributed by atoms with Gasteiger partial charge < -0.3 is 5.32 Å². The van der Waals surface area contributed by atoms with Crippen molar-refractivity contribution in [1.82, 2.24) is 14.5 Å². The molecular formula is C22H26FN3O3S. The number of piperazine rings is 1. The van der Waals surface area contributed by atoms with Crippen LogP contribution in [0.4, 0.5) is 4.39 Å². The highest BCUT2D eigenvalue weighted by molar-refractivity contribution is 7.89. The highest BCUT2D eigenvalue weighted by Gasteiger charge is 2.36. The Balaban J connectivity index is 1.50. The first-order chi connectivity index (χ1) is 14.3. The molecule has 1 saturated heterocycles. The second-order valence-electron chi connectivity index (χ2n) is 7.99. The predicted molar refractivity (Wildman–Crippen MR) is 112 cm³/mol. The number of carbonyl (C=O) groups is 1. The zero-order valence-electron chi connectivity index (χ0n) is 16.9. The SMILES string of the molecule is Cc1ccc(S(=O)(=O)N2CCN(C(C(=O)NC3CC3)c3ccc(F)cc3)CC2)cc1. The fourth-order valence-electron chi connectivity index (χ4n) is 3.74. The van der Waals surface area contributed by atoms with Crippen molar-refractivity contribution in [3.8, 4) is 0 Å². The van der Waals surface area contributed by atoms with Gasteiger partial charge in [0.05, 0.1) is 4.90 Å². The van der Waals surface area contributed by atoms with Crippen LogP contribution < -0.4 is 5.32 Å². The number of nitrogens with one attached hydrogen (secondary N) is 1. The fraction of sp³-hybridized carbons (Fsp3) is 0.409. The third-order valence-corrected chi connectivity index (χ3v) is 7.57. The first-order valence-electron chi connectivity index (χ1n) is 10.2. The highest BCUT2D eigenvalue weighted by Crippen LogP contribution is 2.27. The molecule has 1 atom stereocenters. The van der Waals surface area contributed by atoms with Crippen molar-refractivity contribution in [3.63, 3.8) is 0 Å². The molecule has 2 aromatic rings. The van der Waals surface area contributed by atoms with E-state index in [1.165, 1.54) is 16.4 Å². The molecule has 0 spiro atoms. The van der Waals surface area contributed by atoms with Gasteiger partial charge in [-0.2, -0.15) is 4.31 Å². The monoisotopic (exact) mass is 431 g/mol. The molecule has 1 heterocycles. The second kappa shape index (κ2) is 8.45. The number of nitrogens with zero attached hydrogens (tertiary/aromatic N) is 2. The Kier molecular flexibility index (Phi) is 5.90. The summed E-state index contributed by atoms with van der Waals surface area (Å²) in [6, 6.07) is 12.4. The van der Waals surface area contributed by atoms with Gasteiger partial charge in [0.15, 0.2) is 0 Å². The fourth-order valence-corrected chi connectivity index (χ4v) is 5.16. The Hall–Kier alpha value is -2.29. The van der Waals surface area contributed by atoms with E-state index in [9.17, 15) is 17.6 Å². The lowest BCUT2D eigenvalue weighted by Crippen LogP contribution is -2.52. The second-order valence-corrected chi connectivity index (χ2v) is 9.93. The summed E-state index contributed by atoms with van der Waals surface area (Å²) in [6.45, 7) is 3.35. The molecule has 1 aliphatic heterocycles. The summed E-state index contributed by atoms with van der Waals surface area (Å²) >= 11 is 0. The minimum absolute atomic E-state index is 0.112. The summed E-state index contributed by atoms with van der Waals surface area (Å²) < 4.78 is 40.8. The van der Waals surface area contributed by atoms with E-state index in [0.717, 1.165) is 18.4 Å². The lowest BCUT2D eigenvalue weighted by molar-refractivity contribution is -0.127. The maximum Gasteiger partial charge on any atom is 0.243 e. The molecule has 0 radical (unpaired) electrons. The zero-order valence-corrected chi connectivity index (χ0v) is 17.7. The van der Waals surface area contributed by atoms with Crippen LogP contribution in [0.15, 0.2) is 53.4 Å². The maximum absolute atomic E-state index is 13.4. The third kappa shape index (κ3) is 4.55. The summed E-state index contributed by atoms with van der Waals surface area (Å²) in [5, 5.41) is 3.03. The normalized spacial score (nSPS) is 19.4. The smallest absolute Gasteiger partial charge is 0.243 e. The molecule has 2 aliphatic rings. The van der Waals surface area contributed by atoms with Gasteiger partial charge in [-0.3, -0.25) is 9.69 Å². The number of halogens is 1. The summed E-state index contributed by atoms with van der Waals surface area (Å²) in [5.74, 6) is -0.465. The maximum atomic E-state index is 13.4. The first kappa shape index (κ1) is 21.0. The van der Waals surface area contributed by atoms with Crippen molar-refractivity contribution in [3.05, 3.63) is 65.5 Å². The van der Waals surface area contributed by atoms with Gasteiger partial charge in [0.2, 0.25) is 15.9 Å². The van der Waals surface area contributed by atoms with Crippen LogP contribution in [-0.2, 0) is 14.8 Å². The highest BCUT2D eigenvalue weighted by atomic mass is 32.2. The van der Waals surface area contributed by atoms with E-state index in [2.05, 4.69) is 5.32 Å². The average Bonchev–Trinajstić information content (AvgIpc) is 3.54. The van der Waals surface area contributed by atoms with E-state index in [1.54, 1.807) is 36.4 Å². The number of hydrogen-bond donors (Lipinski definition) is 1. The molecule has 2 fully saturated rings. The first-order valence-corrected chi connectivity index (χ1v) is 11.7. The van der Waals surface area contributed by atoms with Crippen LogP contribution in [0.2, 0.25) is 0 Å². The Bertz CT molecular complexity index is 997. The topological polar surface area (TPSA) is 69.7 Å². The van der Waals surface area contributed by atoms with Gasteiger partial charge in [0.25, 0.3) is 0 Å². The molecule has 1 amide bonds. The Labute approximate surface area is 176 Å². The quantitative estimate of drug-likeness (QED) is 0.763. The van der Waals surface area contributed by atoms with Crippen LogP contribution in [0.3, 0.4) is 0 Å². The third-order valence-electron chi connectivity index (χ3n) is 5.65. The van der Waals surface area contributed by atoms with Gasteiger partial charge in [-0.05, 0) is 49.6 Å². The minimum atomic E-state index is -3.57. The van der Waals surface area contributed by atoms with E-state index < -0.39 is 16.1 Å². The van der Waals surface area contributed by atoms with E-state index in [0.29, 0.717) is 31.7 Å². The minimum Gasteiger partial charge on any atom is -0.352 e. The lowest BCUT2D eigenvalue weighted by atomic mass is 10.0. The summed E-state index contributed by atoms with van der Waals surface area (Å²) in [5.41, 5.74) is 1.71. The van der Waals surface area contributed by atoms with E-state index in [1.807, 2.05) is 11.8 Å². The molecular weight excluding hydrogens is 405 g/mol. The van der Waals surface area contributed by atoms with Crippen molar-refractivity contribution < 1.29 is 17.6 Å². The van der Waals surface area contributed by atoms with E-state index in [4.69, 9.17) is 0 Å². The average molecular weight is 432 g/mol. The molecule has 4 rings (SSSR count). The van der Waals surface area contributed by atoms with Gasteiger partial charge in [0.1, 0.15) is 11.9 Å². The van der Waals surface area contributed by atoms with E-state index >= 15 is 0 Å². The number of hydrogen-bond acceptors (Lipinski definition) is 4. The molecule has 0 bridgehead atoms. The summed E-state index contributed by atoms with van der Waals surface area (Å²) in [4.78, 5) is 15.2. The van der Waals surface area contributed by atoms with Gasteiger partial charge in [-0.1, -0.05) is 29.8 Å². The Morgan fingerprint density at radius 3 is 2.17 bits per heavy atom. The molecule has 0 aromatic heterocycles. The van der Waals surface area contributed by atoms with Crippen molar-refractivity contribution in [2.24, 2.45) is 0 Å². The number of rotatable bonds is 6. The standard InChI is InChI=1S/C22H26FN3O3S/c1-16-2-10-20(11-3-16)30(28,29)26-14-12-25(13-15-26)21(22(27)24-19-8-9-19)17-4-6-18(23)7-5-17/h2-7,10-11,19,21H,8-9,12-15H2,1H3,(H,24,27). The predicted octanol–water partition coefficient (Wildman–Crippen LogP) is 2.46. The summed E-state index contributed by atoms with van der Waals surface area (Å²) in [7, 11) is -3.57. The van der Waals surface area contributed by atoms with Crippen LogP contribution in [0, 0.1) is 12.7 Å². The van der Waals surface area contributed by atoms with Gasteiger partial charge in [-0.15, -0.1) is 0 Å². The van der Waals surface area contributed by atoms with Crippen LogP contribution in [0.5, 0.6) is 0 Å². The largest absolute Gasteiger partial charge is 0.352 e. The lowest BCUT2D eigenvalue weighted by Gasteiger charge is -2.38. The number of benzene rings is 2. The molecule has 1 aliphatic carbocycles. The van der Waals surface area contributed by atoms with Crippen molar-refractivity contribution in [2.45, 2.75) is 36.7 Å². The molecule has 1 saturated carbocycles. The van der Waals surface area contributed by atoms with Gasteiger partial charge >= 0.3 is 0 Å². The van der Waals surface area contributed by atoms with Gasteiger partial charge in [-0.25, -0.2) is 12.8 Å². The molecule has 30 heavy (non-hydrogen) atoms. The molecule has 1 N–H and O–H groups in total. The zero-order chi connectivity index (χ0) is 21.3. The number of carbonyl (C=O) groups excluding carboxylic acids is 1. The molecule has 2 aromatic carbocycles. The number of aryl methyl sites for hydroxylation is 1. The van der Waals surface area contributed by atoms with Crippen LogP contribution in [-0.4, -0.2) is 55.8 Å². The van der Waals surface area contributed by atoms with Crippen molar-refractivity contribution in [2.75, 3.05) is 26.2 Å². The number of amides is 1. The number of sulfonamides is 1. The summed E-state index contributed by atoms with van der Waals surface area (Å²) in [6.07, 6.45) is 1.95. The molecule has 6 nitrogen and oxygen atoms in total. The van der Waals surface area contributed by atoms with Gasteiger partial charge in [0, 0.05) is 32.2 Å². The Morgan fingerprint density at radius 1 is 1.00 bits per heavy atom. The van der Waals surface area contributed by atoms with Crippen LogP contribution in [0.1, 0.15) is 30.0 Å². The van der Waals surface area contributed by atoms with Crippen molar-refractivity contribution >= 4 is 15.9 Å². The Morgan fingerprint density at radius 2 is 1.60 bits per heavy atom. The molecule has 8 heteroatoms.